The van der Waals surface area contributed by atoms with E-state index in [0.717, 1.165) is 22.0 Å². The van der Waals surface area contributed by atoms with Crippen molar-refractivity contribution in [3.05, 3.63) is 33.3 Å². The molecule has 1 aromatic carbocycles. The Morgan fingerprint density at radius 1 is 1.25 bits per heavy atom. The van der Waals surface area contributed by atoms with Crippen LogP contribution in [0.2, 0.25) is 5.02 Å². The van der Waals surface area contributed by atoms with Gasteiger partial charge in [0.15, 0.2) is 0 Å². The standard InChI is InChI=1S/C17H25BrClN/c1-17(2,3)14-6-4-5-7-16(14)20-11-12-8-9-13(19)10-15(12)18/h8-10,14,16,20H,4-7,11H2,1-3H3. The van der Waals surface area contributed by atoms with Crippen molar-refractivity contribution >= 4 is 27.5 Å². The molecule has 2 atom stereocenters. The molecule has 3 heteroatoms. The van der Waals surface area contributed by atoms with E-state index in [4.69, 9.17) is 11.6 Å². The Morgan fingerprint density at radius 3 is 2.60 bits per heavy atom. The van der Waals surface area contributed by atoms with Gasteiger partial charge in [-0.1, -0.05) is 67.2 Å². The summed E-state index contributed by atoms with van der Waals surface area (Å²) >= 11 is 9.60. The van der Waals surface area contributed by atoms with Gasteiger partial charge in [0.1, 0.15) is 0 Å². The summed E-state index contributed by atoms with van der Waals surface area (Å²) in [6.07, 6.45) is 5.38. The SMILES string of the molecule is CC(C)(C)C1CCCCC1NCc1ccc(Cl)cc1Br. The Hall–Kier alpha value is -0.0500. The molecule has 0 radical (unpaired) electrons. The van der Waals surface area contributed by atoms with Crippen LogP contribution in [0.3, 0.4) is 0 Å². The Morgan fingerprint density at radius 2 is 1.95 bits per heavy atom. The average molecular weight is 359 g/mol. The lowest BCUT2D eigenvalue weighted by Gasteiger charge is -2.41. The zero-order valence-corrected chi connectivity index (χ0v) is 15.0. The van der Waals surface area contributed by atoms with Gasteiger partial charge >= 0.3 is 0 Å². The number of benzene rings is 1. The van der Waals surface area contributed by atoms with Crippen LogP contribution in [-0.4, -0.2) is 6.04 Å². The maximum absolute atomic E-state index is 6.00. The van der Waals surface area contributed by atoms with Gasteiger partial charge < -0.3 is 5.32 Å². The lowest BCUT2D eigenvalue weighted by molar-refractivity contribution is 0.130. The quantitative estimate of drug-likeness (QED) is 0.720. The molecule has 1 aromatic rings. The molecule has 2 unspecified atom stereocenters. The molecule has 0 saturated heterocycles. The minimum atomic E-state index is 0.384. The van der Waals surface area contributed by atoms with Gasteiger partial charge in [0.25, 0.3) is 0 Å². The third kappa shape index (κ3) is 4.22. The van der Waals surface area contributed by atoms with Gasteiger partial charge in [-0.3, -0.25) is 0 Å². The van der Waals surface area contributed by atoms with Gasteiger partial charge in [0.2, 0.25) is 0 Å². The van der Waals surface area contributed by atoms with Crippen molar-refractivity contribution in [2.24, 2.45) is 11.3 Å². The fourth-order valence-corrected chi connectivity index (χ4v) is 4.14. The van der Waals surface area contributed by atoms with E-state index in [9.17, 15) is 0 Å². The van der Waals surface area contributed by atoms with Gasteiger partial charge in [-0.25, -0.2) is 0 Å². The van der Waals surface area contributed by atoms with Gasteiger partial charge in [-0.2, -0.15) is 0 Å². The number of hydrogen-bond donors (Lipinski definition) is 1. The third-order valence-electron chi connectivity index (χ3n) is 4.45. The first-order chi connectivity index (χ1) is 9.38. The Balaban J connectivity index is 2.01. The first kappa shape index (κ1) is 16.3. The fourth-order valence-electron chi connectivity index (χ4n) is 3.32. The predicted molar refractivity (Wildman–Crippen MR) is 91.2 cm³/mol. The van der Waals surface area contributed by atoms with Crippen molar-refractivity contribution in [1.29, 1.82) is 0 Å². The highest BCUT2D eigenvalue weighted by Crippen LogP contribution is 2.38. The summed E-state index contributed by atoms with van der Waals surface area (Å²) in [6, 6.07) is 6.67. The minimum absolute atomic E-state index is 0.384. The first-order valence-electron chi connectivity index (χ1n) is 7.55. The summed E-state index contributed by atoms with van der Waals surface area (Å²) in [6.45, 7) is 8.02. The Bertz CT molecular complexity index is 453. The number of halogens is 2. The van der Waals surface area contributed by atoms with E-state index in [1.54, 1.807) is 0 Å². The van der Waals surface area contributed by atoms with E-state index in [1.807, 2.05) is 12.1 Å². The van der Waals surface area contributed by atoms with Crippen molar-refractivity contribution in [1.82, 2.24) is 5.32 Å². The molecule has 1 saturated carbocycles. The van der Waals surface area contributed by atoms with E-state index in [1.165, 1.54) is 31.2 Å². The van der Waals surface area contributed by atoms with Gasteiger partial charge in [-0.05, 0) is 41.9 Å². The summed E-state index contributed by atoms with van der Waals surface area (Å²) in [5, 5.41) is 4.56. The molecule has 20 heavy (non-hydrogen) atoms. The van der Waals surface area contributed by atoms with Crippen LogP contribution in [0.4, 0.5) is 0 Å². The van der Waals surface area contributed by atoms with Crippen molar-refractivity contribution in [2.45, 2.75) is 59.0 Å². The highest BCUT2D eigenvalue weighted by Gasteiger charge is 2.33. The van der Waals surface area contributed by atoms with Crippen molar-refractivity contribution in [2.75, 3.05) is 0 Å². The van der Waals surface area contributed by atoms with Gasteiger partial charge in [-0.15, -0.1) is 0 Å². The van der Waals surface area contributed by atoms with Crippen LogP contribution in [0.25, 0.3) is 0 Å². The monoisotopic (exact) mass is 357 g/mol. The van der Waals surface area contributed by atoms with Crippen molar-refractivity contribution in [3.8, 4) is 0 Å². The predicted octanol–water partition coefficient (Wildman–Crippen LogP) is 5.80. The molecular formula is C17H25BrClN. The number of nitrogens with one attached hydrogen (secondary N) is 1. The maximum Gasteiger partial charge on any atom is 0.0417 e. The van der Waals surface area contributed by atoms with Gasteiger partial charge in [0.05, 0.1) is 0 Å². The second-order valence-electron chi connectivity index (χ2n) is 6.98. The zero-order chi connectivity index (χ0) is 14.8. The van der Waals surface area contributed by atoms with Crippen LogP contribution in [-0.2, 0) is 6.54 Å². The molecule has 1 aliphatic carbocycles. The molecule has 1 fully saturated rings. The largest absolute Gasteiger partial charge is 0.310 e. The summed E-state index contributed by atoms with van der Waals surface area (Å²) in [5.74, 6) is 0.766. The highest BCUT2D eigenvalue weighted by atomic mass is 79.9. The van der Waals surface area contributed by atoms with Crippen molar-refractivity contribution < 1.29 is 0 Å². The zero-order valence-electron chi connectivity index (χ0n) is 12.7. The van der Waals surface area contributed by atoms with Crippen LogP contribution in [0.15, 0.2) is 22.7 Å². The lowest BCUT2D eigenvalue weighted by atomic mass is 9.69. The molecule has 0 bridgehead atoms. The summed E-state index contributed by atoms with van der Waals surface area (Å²) < 4.78 is 1.10. The molecule has 1 nitrogen and oxygen atoms in total. The van der Waals surface area contributed by atoms with Crippen molar-refractivity contribution in [3.63, 3.8) is 0 Å². The molecule has 112 valence electrons. The van der Waals surface area contributed by atoms with E-state index in [0.29, 0.717) is 11.5 Å². The smallest absolute Gasteiger partial charge is 0.0417 e. The van der Waals surface area contributed by atoms with E-state index >= 15 is 0 Å². The molecule has 0 heterocycles. The van der Waals surface area contributed by atoms with Crippen LogP contribution in [0, 0.1) is 11.3 Å². The third-order valence-corrected chi connectivity index (χ3v) is 5.42. The van der Waals surface area contributed by atoms with Crippen LogP contribution < -0.4 is 5.32 Å². The fraction of sp³-hybridized carbons (Fsp3) is 0.647. The van der Waals surface area contributed by atoms with E-state index in [2.05, 4.69) is 48.1 Å². The van der Waals surface area contributed by atoms with Gasteiger partial charge in [0, 0.05) is 22.1 Å². The first-order valence-corrected chi connectivity index (χ1v) is 8.72. The molecular weight excluding hydrogens is 334 g/mol. The van der Waals surface area contributed by atoms with E-state index in [-0.39, 0.29) is 0 Å². The lowest BCUT2D eigenvalue weighted by Crippen LogP contribution is -2.43. The maximum atomic E-state index is 6.00. The van der Waals surface area contributed by atoms with E-state index < -0.39 is 0 Å². The second kappa shape index (κ2) is 6.81. The number of hydrogen-bond acceptors (Lipinski definition) is 1. The molecule has 0 aliphatic heterocycles. The molecule has 1 N–H and O–H groups in total. The normalized spacial score (nSPS) is 23.9. The number of rotatable bonds is 3. The Labute approximate surface area is 136 Å². The highest BCUT2D eigenvalue weighted by molar-refractivity contribution is 9.10. The molecule has 0 amide bonds. The second-order valence-corrected chi connectivity index (χ2v) is 8.27. The average Bonchev–Trinajstić information content (AvgIpc) is 2.37. The summed E-state index contributed by atoms with van der Waals surface area (Å²) in [4.78, 5) is 0. The molecule has 2 rings (SSSR count). The van der Waals surface area contributed by atoms with Crippen LogP contribution in [0.5, 0.6) is 0 Å². The Kier molecular flexibility index (Phi) is 5.56. The van der Waals surface area contributed by atoms with Crippen LogP contribution in [0.1, 0.15) is 52.0 Å². The summed E-state index contributed by atoms with van der Waals surface area (Å²) in [5.41, 5.74) is 1.67. The van der Waals surface area contributed by atoms with Crippen LogP contribution >= 0.6 is 27.5 Å². The molecule has 0 aromatic heterocycles. The minimum Gasteiger partial charge on any atom is -0.310 e. The summed E-state index contributed by atoms with van der Waals surface area (Å²) in [7, 11) is 0. The topological polar surface area (TPSA) is 12.0 Å². The molecule has 0 spiro atoms. The molecule has 1 aliphatic rings.